The Hall–Kier alpha value is -1.92. The largest absolute Gasteiger partial charge is 0.350 e. The van der Waals surface area contributed by atoms with Crippen LogP contribution in [0.4, 0.5) is 0 Å². The number of rotatable bonds is 5. The molecule has 2 heterocycles. The number of imidazole rings is 1. The number of amides is 1. The van der Waals surface area contributed by atoms with Crippen LogP contribution in [0.5, 0.6) is 0 Å². The van der Waals surface area contributed by atoms with E-state index in [1.165, 1.54) is 11.3 Å². The number of aryl methyl sites for hydroxylation is 1. The molecule has 0 radical (unpaired) electrons. The Balaban J connectivity index is 1.67. The zero-order chi connectivity index (χ0) is 17.3. The lowest BCUT2D eigenvalue weighted by Crippen LogP contribution is -2.27. The molecule has 0 fully saturated rings. The van der Waals surface area contributed by atoms with Crippen LogP contribution in [-0.4, -0.2) is 27.0 Å². The minimum Gasteiger partial charge on any atom is -0.350 e. The van der Waals surface area contributed by atoms with E-state index >= 15 is 0 Å². The maximum atomic E-state index is 12.4. The number of aromatic nitrogens is 3. The second-order valence-electron chi connectivity index (χ2n) is 5.92. The second-order valence-corrected chi connectivity index (χ2v) is 7.53. The summed E-state index contributed by atoms with van der Waals surface area (Å²) in [6, 6.07) is 8.00. The van der Waals surface area contributed by atoms with E-state index in [1.54, 1.807) is 0 Å². The number of hydrogen-bond donors (Lipinski definition) is 1. The fraction of sp³-hybridized carbons (Fsp3) is 0.353. The van der Waals surface area contributed by atoms with Crippen molar-refractivity contribution in [3.8, 4) is 0 Å². The zero-order valence-corrected chi connectivity index (χ0v) is 15.4. The summed E-state index contributed by atoms with van der Waals surface area (Å²) in [5, 5.41) is 2.92. The third-order valence-electron chi connectivity index (χ3n) is 3.88. The summed E-state index contributed by atoms with van der Waals surface area (Å²) in [6.45, 7) is 4.56. The number of carbonyl (C=O) groups excluding carboxylic acids is 1. The van der Waals surface area contributed by atoms with Crippen molar-refractivity contribution < 1.29 is 4.79 Å². The van der Waals surface area contributed by atoms with Crippen molar-refractivity contribution in [2.45, 2.75) is 26.2 Å². The normalized spacial score (nSPS) is 11.4. The number of benzene rings is 1. The van der Waals surface area contributed by atoms with Crippen molar-refractivity contribution in [1.82, 2.24) is 19.9 Å². The molecule has 7 heteroatoms. The lowest BCUT2D eigenvalue weighted by molar-refractivity contribution is 0.0948. The van der Waals surface area contributed by atoms with Crippen LogP contribution in [-0.2, 0) is 13.5 Å². The molecule has 0 spiro atoms. The molecule has 0 aliphatic carbocycles. The summed E-state index contributed by atoms with van der Waals surface area (Å²) in [5.74, 6) is 0.980. The van der Waals surface area contributed by atoms with Crippen molar-refractivity contribution in [3.05, 3.63) is 45.1 Å². The first-order chi connectivity index (χ1) is 11.5. The standard InChI is InChI=1S/C17H19ClN4OS/c1-10(2)15-14(21-17(18)24-15)16(23)19-9-8-13-20-11-6-4-5-7-12(11)22(13)3/h4-7,10H,8-9H2,1-3H3,(H,19,23). The van der Waals surface area contributed by atoms with Crippen molar-refractivity contribution in [1.29, 1.82) is 0 Å². The summed E-state index contributed by atoms with van der Waals surface area (Å²) in [4.78, 5) is 22.1. The van der Waals surface area contributed by atoms with Crippen LogP contribution in [0.1, 0.15) is 41.0 Å². The molecule has 1 aromatic carbocycles. The van der Waals surface area contributed by atoms with Gasteiger partial charge in [-0.15, -0.1) is 11.3 Å². The van der Waals surface area contributed by atoms with E-state index in [1.807, 2.05) is 45.2 Å². The molecule has 0 aliphatic heterocycles. The minimum absolute atomic E-state index is 0.180. The average Bonchev–Trinajstić information content (AvgIpc) is 3.09. The fourth-order valence-corrected chi connectivity index (χ4v) is 3.77. The summed E-state index contributed by atoms with van der Waals surface area (Å²) in [6.07, 6.45) is 0.659. The topological polar surface area (TPSA) is 59.8 Å². The fourth-order valence-electron chi connectivity index (χ4n) is 2.65. The molecule has 3 aromatic rings. The molecule has 1 N–H and O–H groups in total. The molecule has 0 atom stereocenters. The Morgan fingerprint density at radius 3 is 2.79 bits per heavy atom. The number of halogens is 1. The van der Waals surface area contributed by atoms with Crippen LogP contribution in [0.25, 0.3) is 11.0 Å². The van der Waals surface area contributed by atoms with E-state index in [0.29, 0.717) is 23.1 Å². The van der Waals surface area contributed by atoms with Gasteiger partial charge in [0.2, 0.25) is 0 Å². The SMILES string of the molecule is CC(C)c1sc(Cl)nc1C(=O)NCCc1nc2ccccc2n1C. The molecule has 0 unspecified atom stereocenters. The molecule has 0 aliphatic rings. The van der Waals surface area contributed by atoms with Gasteiger partial charge in [0.1, 0.15) is 11.5 Å². The van der Waals surface area contributed by atoms with E-state index in [2.05, 4.69) is 19.9 Å². The van der Waals surface area contributed by atoms with Gasteiger partial charge in [-0.1, -0.05) is 37.6 Å². The van der Waals surface area contributed by atoms with Gasteiger partial charge < -0.3 is 9.88 Å². The molecule has 0 saturated heterocycles. The van der Waals surface area contributed by atoms with Crippen molar-refractivity contribution >= 4 is 39.9 Å². The number of para-hydroxylation sites is 2. The molecule has 5 nitrogen and oxygen atoms in total. The highest BCUT2D eigenvalue weighted by atomic mass is 35.5. The summed E-state index contributed by atoms with van der Waals surface area (Å²) < 4.78 is 2.46. The zero-order valence-electron chi connectivity index (χ0n) is 13.8. The molecule has 2 aromatic heterocycles. The number of nitrogens with zero attached hydrogens (tertiary/aromatic N) is 3. The van der Waals surface area contributed by atoms with Gasteiger partial charge in [-0.05, 0) is 18.1 Å². The molecule has 1 amide bonds. The first-order valence-electron chi connectivity index (χ1n) is 7.82. The maximum Gasteiger partial charge on any atom is 0.271 e. The molecule has 0 bridgehead atoms. The maximum absolute atomic E-state index is 12.4. The first kappa shape index (κ1) is 16.9. The Bertz CT molecular complexity index is 884. The Labute approximate surface area is 149 Å². The van der Waals surface area contributed by atoms with E-state index in [0.717, 1.165) is 21.7 Å². The summed E-state index contributed by atoms with van der Waals surface area (Å²) in [7, 11) is 1.99. The quantitative estimate of drug-likeness (QED) is 0.751. The molecular weight excluding hydrogens is 344 g/mol. The van der Waals surface area contributed by atoms with Crippen molar-refractivity contribution in [3.63, 3.8) is 0 Å². The van der Waals surface area contributed by atoms with Gasteiger partial charge in [-0.3, -0.25) is 4.79 Å². The minimum atomic E-state index is -0.180. The molecule has 24 heavy (non-hydrogen) atoms. The number of fused-ring (bicyclic) bond motifs is 1. The van der Waals surface area contributed by atoms with Crippen LogP contribution in [0.3, 0.4) is 0 Å². The van der Waals surface area contributed by atoms with Gasteiger partial charge in [0.25, 0.3) is 5.91 Å². The van der Waals surface area contributed by atoms with Gasteiger partial charge in [-0.25, -0.2) is 9.97 Å². The van der Waals surface area contributed by atoms with Gasteiger partial charge in [0, 0.05) is 24.9 Å². The Kier molecular flexibility index (Phi) is 4.87. The highest BCUT2D eigenvalue weighted by molar-refractivity contribution is 7.16. The third-order valence-corrected chi connectivity index (χ3v) is 5.34. The van der Waals surface area contributed by atoms with Crippen molar-refractivity contribution in [2.24, 2.45) is 7.05 Å². The van der Waals surface area contributed by atoms with Gasteiger partial charge in [0.15, 0.2) is 4.47 Å². The Morgan fingerprint density at radius 1 is 1.33 bits per heavy atom. The highest BCUT2D eigenvalue weighted by Gasteiger charge is 2.19. The van der Waals surface area contributed by atoms with Crippen LogP contribution < -0.4 is 5.32 Å². The van der Waals surface area contributed by atoms with Crippen molar-refractivity contribution in [2.75, 3.05) is 6.54 Å². The average molecular weight is 363 g/mol. The van der Waals surface area contributed by atoms with E-state index in [-0.39, 0.29) is 11.8 Å². The molecule has 126 valence electrons. The van der Waals surface area contributed by atoms with E-state index in [4.69, 9.17) is 11.6 Å². The lowest BCUT2D eigenvalue weighted by atomic mass is 10.1. The number of hydrogen-bond acceptors (Lipinski definition) is 4. The number of nitrogens with one attached hydrogen (secondary N) is 1. The van der Waals surface area contributed by atoms with E-state index in [9.17, 15) is 4.79 Å². The summed E-state index contributed by atoms with van der Waals surface area (Å²) >= 11 is 7.33. The highest BCUT2D eigenvalue weighted by Crippen LogP contribution is 2.29. The lowest BCUT2D eigenvalue weighted by Gasteiger charge is -2.07. The van der Waals surface area contributed by atoms with Gasteiger partial charge in [-0.2, -0.15) is 0 Å². The van der Waals surface area contributed by atoms with Crippen LogP contribution >= 0.6 is 22.9 Å². The summed E-state index contributed by atoms with van der Waals surface area (Å²) in [5.41, 5.74) is 2.49. The Morgan fingerprint density at radius 2 is 2.08 bits per heavy atom. The monoisotopic (exact) mass is 362 g/mol. The predicted octanol–water partition coefficient (Wildman–Crippen LogP) is 3.78. The number of thiazole rings is 1. The van der Waals surface area contributed by atoms with E-state index < -0.39 is 0 Å². The molecule has 3 rings (SSSR count). The predicted molar refractivity (Wildman–Crippen MR) is 98.0 cm³/mol. The van der Waals surface area contributed by atoms with Crippen LogP contribution in [0, 0.1) is 0 Å². The van der Waals surface area contributed by atoms with Crippen LogP contribution in [0.2, 0.25) is 4.47 Å². The van der Waals surface area contributed by atoms with Crippen LogP contribution in [0.15, 0.2) is 24.3 Å². The van der Waals surface area contributed by atoms with Gasteiger partial charge in [0.05, 0.1) is 11.0 Å². The third kappa shape index (κ3) is 3.30. The second kappa shape index (κ2) is 6.91. The smallest absolute Gasteiger partial charge is 0.271 e. The first-order valence-corrected chi connectivity index (χ1v) is 9.01. The molecular formula is C17H19ClN4OS. The molecule has 0 saturated carbocycles. The van der Waals surface area contributed by atoms with Gasteiger partial charge >= 0.3 is 0 Å². The number of carbonyl (C=O) groups is 1.